The number of rotatable bonds is 2. The predicted molar refractivity (Wildman–Crippen MR) is 113 cm³/mol. The number of amides is 3. The molecule has 3 unspecified atom stereocenters. The Hall–Kier alpha value is -3.21. The lowest BCUT2D eigenvalue weighted by Crippen LogP contribution is -2.61. The van der Waals surface area contributed by atoms with Gasteiger partial charge in [-0.05, 0) is 43.2 Å². The van der Waals surface area contributed by atoms with Crippen LogP contribution in [0.1, 0.15) is 36.3 Å². The van der Waals surface area contributed by atoms with E-state index in [1.807, 2.05) is 30.3 Å². The van der Waals surface area contributed by atoms with E-state index in [2.05, 4.69) is 35.4 Å². The molecule has 0 spiro atoms. The molecule has 2 aromatic carbocycles. The van der Waals surface area contributed by atoms with E-state index < -0.39 is 0 Å². The molecule has 0 radical (unpaired) electrons. The van der Waals surface area contributed by atoms with Crippen LogP contribution in [-0.2, 0) is 4.79 Å². The van der Waals surface area contributed by atoms with Crippen molar-refractivity contribution >= 4 is 28.4 Å². The number of pyridine rings is 1. The van der Waals surface area contributed by atoms with Crippen LogP contribution in [0.5, 0.6) is 0 Å². The summed E-state index contributed by atoms with van der Waals surface area (Å²) in [4.78, 5) is 31.9. The Morgan fingerprint density at radius 3 is 2.66 bits per heavy atom. The summed E-state index contributed by atoms with van der Waals surface area (Å²) in [7, 11) is 0. The summed E-state index contributed by atoms with van der Waals surface area (Å²) in [5.74, 6) is 0.0726. The minimum absolute atomic E-state index is 0.111. The van der Waals surface area contributed by atoms with Crippen LogP contribution < -0.4 is 10.2 Å². The van der Waals surface area contributed by atoms with E-state index in [-0.39, 0.29) is 23.9 Å². The lowest BCUT2D eigenvalue weighted by molar-refractivity contribution is -0.124. The van der Waals surface area contributed by atoms with Gasteiger partial charge in [0.15, 0.2) is 0 Å². The molecule has 3 amide bonds. The lowest BCUT2D eigenvalue weighted by atomic mass is 9.73. The highest BCUT2D eigenvalue weighted by atomic mass is 16.2. The summed E-state index contributed by atoms with van der Waals surface area (Å²) >= 11 is 0. The van der Waals surface area contributed by atoms with Gasteiger partial charge >= 0.3 is 6.03 Å². The van der Waals surface area contributed by atoms with Gasteiger partial charge in [-0.15, -0.1) is 0 Å². The summed E-state index contributed by atoms with van der Waals surface area (Å²) < 4.78 is 0. The molecule has 1 saturated carbocycles. The van der Waals surface area contributed by atoms with Crippen molar-refractivity contribution in [3.63, 3.8) is 0 Å². The molecule has 5 heteroatoms. The molecule has 146 valence electrons. The number of urea groups is 1. The Bertz CT molecular complexity index is 1100. The van der Waals surface area contributed by atoms with Gasteiger partial charge in [-0.1, -0.05) is 48.5 Å². The van der Waals surface area contributed by atoms with E-state index in [0.29, 0.717) is 11.6 Å². The number of aromatic nitrogens is 1. The Balaban J connectivity index is 1.45. The molecular formula is C24H23N3O2. The first-order valence-corrected chi connectivity index (χ1v) is 10.2. The lowest BCUT2D eigenvalue weighted by Gasteiger charge is -2.42. The Labute approximate surface area is 169 Å². The maximum absolute atomic E-state index is 13.4. The minimum atomic E-state index is -0.347. The number of hydrogen-bond donors (Lipinski definition) is 1. The largest absolute Gasteiger partial charge is 0.334 e. The van der Waals surface area contributed by atoms with Crippen molar-refractivity contribution in [3.8, 4) is 0 Å². The molecular weight excluding hydrogens is 362 g/mol. The highest BCUT2D eigenvalue weighted by molar-refractivity contribution is 6.20. The van der Waals surface area contributed by atoms with E-state index >= 15 is 0 Å². The number of aryl methyl sites for hydroxylation is 1. The number of imide groups is 1. The number of fused-ring (bicyclic) bond motifs is 2. The van der Waals surface area contributed by atoms with Gasteiger partial charge in [0.2, 0.25) is 5.91 Å². The van der Waals surface area contributed by atoms with Crippen LogP contribution in [0.25, 0.3) is 10.8 Å². The van der Waals surface area contributed by atoms with E-state index in [1.54, 1.807) is 12.4 Å². The Morgan fingerprint density at radius 2 is 1.79 bits per heavy atom. The van der Waals surface area contributed by atoms with Crippen molar-refractivity contribution in [1.29, 1.82) is 0 Å². The van der Waals surface area contributed by atoms with Gasteiger partial charge in [-0.2, -0.15) is 0 Å². The maximum atomic E-state index is 13.4. The van der Waals surface area contributed by atoms with E-state index in [1.165, 1.54) is 16.0 Å². The van der Waals surface area contributed by atoms with Crippen LogP contribution in [0.4, 0.5) is 10.5 Å². The third kappa shape index (κ3) is 2.97. The molecule has 1 saturated heterocycles. The zero-order chi connectivity index (χ0) is 20.0. The second-order valence-corrected chi connectivity index (χ2v) is 8.08. The topological polar surface area (TPSA) is 62.3 Å². The number of nitrogens with one attached hydrogen (secondary N) is 1. The Kier molecular flexibility index (Phi) is 4.31. The molecule has 29 heavy (non-hydrogen) atoms. The molecule has 2 aliphatic rings. The second-order valence-electron chi connectivity index (χ2n) is 8.08. The molecule has 1 aromatic heterocycles. The highest BCUT2D eigenvalue weighted by Gasteiger charge is 2.45. The average molecular weight is 385 g/mol. The van der Waals surface area contributed by atoms with Crippen LogP contribution in [0.2, 0.25) is 0 Å². The first kappa shape index (κ1) is 17.9. The maximum Gasteiger partial charge on any atom is 0.329 e. The van der Waals surface area contributed by atoms with Gasteiger partial charge < -0.3 is 5.32 Å². The molecule has 0 bridgehead atoms. The molecule has 2 heterocycles. The first-order chi connectivity index (χ1) is 14.1. The summed E-state index contributed by atoms with van der Waals surface area (Å²) in [5, 5.41) is 4.89. The molecule has 2 fully saturated rings. The van der Waals surface area contributed by atoms with Gasteiger partial charge in [0.05, 0.1) is 17.8 Å². The molecule has 1 aliphatic carbocycles. The fourth-order valence-electron chi connectivity index (χ4n) is 4.95. The normalized spacial score (nSPS) is 24.3. The number of carbonyl (C=O) groups is 2. The fraction of sp³-hybridized carbons (Fsp3) is 0.292. The van der Waals surface area contributed by atoms with Crippen molar-refractivity contribution in [1.82, 2.24) is 10.3 Å². The van der Waals surface area contributed by atoms with Crippen LogP contribution in [0.15, 0.2) is 60.9 Å². The van der Waals surface area contributed by atoms with E-state index in [4.69, 9.17) is 0 Å². The van der Waals surface area contributed by atoms with Crippen LogP contribution in [0, 0.1) is 12.8 Å². The number of benzene rings is 2. The van der Waals surface area contributed by atoms with Crippen LogP contribution in [-0.4, -0.2) is 23.0 Å². The van der Waals surface area contributed by atoms with Crippen molar-refractivity contribution in [2.24, 2.45) is 5.92 Å². The number of anilines is 1. The van der Waals surface area contributed by atoms with E-state index in [0.717, 1.165) is 30.0 Å². The second kappa shape index (κ2) is 6.99. The van der Waals surface area contributed by atoms with Gasteiger partial charge in [0.1, 0.15) is 0 Å². The number of carbonyl (C=O) groups excluding carboxylic acids is 2. The predicted octanol–water partition coefficient (Wildman–Crippen LogP) is 4.55. The van der Waals surface area contributed by atoms with Crippen molar-refractivity contribution < 1.29 is 9.59 Å². The van der Waals surface area contributed by atoms with Gasteiger partial charge in [0, 0.05) is 23.0 Å². The summed E-state index contributed by atoms with van der Waals surface area (Å²) in [6.45, 7) is 2.13. The van der Waals surface area contributed by atoms with E-state index in [9.17, 15) is 9.59 Å². The highest BCUT2D eigenvalue weighted by Crippen LogP contribution is 2.40. The van der Waals surface area contributed by atoms with Crippen LogP contribution >= 0.6 is 0 Å². The van der Waals surface area contributed by atoms with Gasteiger partial charge in [-0.25, -0.2) is 9.69 Å². The molecule has 1 aliphatic heterocycles. The molecule has 3 atom stereocenters. The van der Waals surface area contributed by atoms with Crippen molar-refractivity contribution in [3.05, 3.63) is 72.1 Å². The van der Waals surface area contributed by atoms with Gasteiger partial charge in [-0.3, -0.25) is 9.78 Å². The average Bonchev–Trinajstić information content (AvgIpc) is 2.74. The monoisotopic (exact) mass is 385 g/mol. The third-order valence-electron chi connectivity index (χ3n) is 6.42. The van der Waals surface area contributed by atoms with Gasteiger partial charge in [0.25, 0.3) is 0 Å². The fourth-order valence-corrected chi connectivity index (χ4v) is 4.95. The van der Waals surface area contributed by atoms with Crippen LogP contribution in [0.3, 0.4) is 0 Å². The minimum Gasteiger partial charge on any atom is -0.334 e. The molecule has 1 N–H and O–H groups in total. The number of nitrogens with zero attached hydrogens (tertiary/aromatic N) is 2. The SMILES string of the molecule is Cc1ccccc1C1CCC2C(=O)N(c3cncc4ccccc34)C(=O)NC2C1. The standard InChI is InChI=1S/C24H23N3O2/c1-15-6-2-4-8-18(15)16-10-11-20-21(12-16)26-24(29)27(23(20)28)22-14-25-13-17-7-3-5-9-19(17)22/h2-9,13-14,16,20-21H,10-12H2,1H3,(H,26,29). The summed E-state index contributed by atoms with van der Waals surface area (Å²) in [5.41, 5.74) is 3.16. The quantitative estimate of drug-likeness (QED) is 0.704. The summed E-state index contributed by atoms with van der Waals surface area (Å²) in [6.07, 6.45) is 5.89. The smallest absolute Gasteiger partial charge is 0.329 e. The van der Waals surface area contributed by atoms with Crippen molar-refractivity contribution in [2.75, 3.05) is 4.90 Å². The zero-order valence-electron chi connectivity index (χ0n) is 16.3. The third-order valence-corrected chi connectivity index (χ3v) is 6.42. The zero-order valence-corrected chi connectivity index (χ0v) is 16.3. The summed E-state index contributed by atoms with van der Waals surface area (Å²) in [6, 6.07) is 15.6. The molecule has 5 rings (SSSR count). The molecule has 3 aromatic rings. The van der Waals surface area contributed by atoms with Crippen molar-refractivity contribution in [2.45, 2.75) is 38.1 Å². The molecule has 5 nitrogen and oxygen atoms in total. The Morgan fingerprint density at radius 1 is 1.00 bits per heavy atom. The number of hydrogen-bond acceptors (Lipinski definition) is 3. The first-order valence-electron chi connectivity index (χ1n) is 10.2.